The lowest BCUT2D eigenvalue weighted by Gasteiger charge is -2.24. The average Bonchev–Trinajstić information content (AvgIpc) is 3.15. The fraction of sp³-hybridized carbons (Fsp3) is 0.111. The quantitative estimate of drug-likeness (QED) is 0.191. The second kappa shape index (κ2) is 11.6. The molecule has 0 aliphatic rings. The van der Waals surface area contributed by atoms with Crippen LogP contribution >= 0.6 is 34.8 Å². The van der Waals surface area contributed by atoms with Crippen molar-refractivity contribution in [2.24, 2.45) is 5.10 Å². The predicted molar refractivity (Wildman–Crippen MR) is 153 cm³/mol. The summed E-state index contributed by atoms with van der Waals surface area (Å²) >= 11 is 18.6. The average molecular weight is 590 g/mol. The number of hydrogen-bond donors (Lipinski definition) is 1. The van der Waals surface area contributed by atoms with Crippen molar-refractivity contribution in [2.75, 3.05) is 10.8 Å². The number of sulfonamides is 1. The van der Waals surface area contributed by atoms with Crippen LogP contribution in [0.1, 0.15) is 17.0 Å². The van der Waals surface area contributed by atoms with Crippen molar-refractivity contribution in [1.82, 2.24) is 9.99 Å². The first-order chi connectivity index (χ1) is 18.1. The predicted octanol–water partition coefficient (Wildman–Crippen LogP) is 6.40. The molecule has 0 unspecified atom stereocenters. The van der Waals surface area contributed by atoms with Crippen LogP contribution in [-0.2, 0) is 14.8 Å². The zero-order valence-corrected chi connectivity index (χ0v) is 23.5. The molecule has 4 aromatic rings. The minimum Gasteiger partial charge on any atom is -0.318 e. The Morgan fingerprint density at radius 3 is 2.24 bits per heavy atom. The number of para-hydroxylation sites is 1. The van der Waals surface area contributed by atoms with Crippen molar-refractivity contribution in [3.63, 3.8) is 0 Å². The minimum atomic E-state index is -4.08. The monoisotopic (exact) mass is 588 g/mol. The highest BCUT2D eigenvalue weighted by Crippen LogP contribution is 2.30. The van der Waals surface area contributed by atoms with E-state index in [-0.39, 0.29) is 15.6 Å². The molecule has 196 valence electrons. The van der Waals surface area contributed by atoms with Crippen LogP contribution in [0.5, 0.6) is 0 Å². The fourth-order valence-electron chi connectivity index (χ4n) is 4.00. The molecule has 0 spiro atoms. The first-order valence-electron chi connectivity index (χ1n) is 11.4. The fourth-order valence-corrected chi connectivity index (χ4v) is 6.26. The van der Waals surface area contributed by atoms with E-state index < -0.39 is 22.5 Å². The Morgan fingerprint density at radius 2 is 1.58 bits per heavy atom. The topological polar surface area (TPSA) is 83.8 Å². The van der Waals surface area contributed by atoms with Crippen LogP contribution in [0, 0.1) is 13.8 Å². The number of hydrazone groups is 1. The van der Waals surface area contributed by atoms with Gasteiger partial charge in [0.05, 0.1) is 21.8 Å². The van der Waals surface area contributed by atoms with Gasteiger partial charge in [-0.1, -0.05) is 65.1 Å². The molecule has 4 rings (SSSR count). The number of hydrogen-bond acceptors (Lipinski definition) is 4. The number of nitrogens with zero attached hydrogens (tertiary/aromatic N) is 3. The van der Waals surface area contributed by atoms with Crippen molar-refractivity contribution in [2.45, 2.75) is 18.7 Å². The number of anilines is 1. The third-order valence-electron chi connectivity index (χ3n) is 5.71. The standard InChI is InChI=1S/C27H23Cl3N4O3S/c1-18-12-20(19(2)34(18)23-14-21(28)13-22(29)15-23)16-31-32-27(35)17-33(26-11-7-6-10-25(26)30)38(36,37)24-8-4-3-5-9-24/h3-16H,17H2,1-2H3,(H,32,35)/b31-16-. The lowest BCUT2D eigenvalue weighted by atomic mass is 10.2. The number of carbonyl (C=O) groups excluding carboxylic acids is 1. The normalized spacial score (nSPS) is 11.6. The Morgan fingerprint density at radius 1 is 0.947 bits per heavy atom. The van der Waals surface area contributed by atoms with E-state index in [1.807, 2.05) is 24.5 Å². The highest BCUT2D eigenvalue weighted by molar-refractivity contribution is 7.92. The molecule has 1 amide bonds. The SMILES string of the molecule is Cc1cc(/C=N\NC(=O)CN(c2ccccc2Cl)S(=O)(=O)c2ccccc2)c(C)n1-c1cc(Cl)cc(Cl)c1. The Balaban J connectivity index is 1.56. The molecule has 0 atom stereocenters. The third-order valence-corrected chi connectivity index (χ3v) is 8.24. The molecule has 0 aliphatic carbocycles. The maximum absolute atomic E-state index is 13.4. The van der Waals surface area contributed by atoms with Gasteiger partial charge in [-0.3, -0.25) is 9.10 Å². The highest BCUT2D eigenvalue weighted by atomic mass is 35.5. The van der Waals surface area contributed by atoms with Gasteiger partial charge in [0, 0.05) is 32.7 Å². The van der Waals surface area contributed by atoms with E-state index in [0.717, 1.165) is 26.9 Å². The van der Waals surface area contributed by atoms with E-state index in [0.29, 0.717) is 10.0 Å². The molecule has 1 aromatic heterocycles. The summed E-state index contributed by atoms with van der Waals surface area (Å²) in [5.74, 6) is -0.642. The Kier molecular flexibility index (Phi) is 8.47. The van der Waals surface area contributed by atoms with E-state index in [1.54, 1.807) is 54.6 Å². The molecule has 1 N–H and O–H groups in total. The van der Waals surface area contributed by atoms with E-state index in [1.165, 1.54) is 24.4 Å². The van der Waals surface area contributed by atoms with Crippen LogP contribution in [-0.4, -0.2) is 31.7 Å². The van der Waals surface area contributed by atoms with Gasteiger partial charge in [-0.2, -0.15) is 5.10 Å². The van der Waals surface area contributed by atoms with Crippen molar-refractivity contribution in [3.8, 4) is 5.69 Å². The lowest BCUT2D eigenvalue weighted by Crippen LogP contribution is -2.39. The summed E-state index contributed by atoms with van der Waals surface area (Å²) in [5.41, 5.74) is 5.90. The van der Waals surface area contributed by atoms with E-state index in [2.05, 4.69) is 10.5 Å². The number of benzene rings is 3. The number of carbonyl (C=O) groups is 1. The van der Waals surface area contributed by atoms with Gasteiger partial charge in [0.1, 0.15) is 6.54 Å². The third kappa shape index (κ3) is 6.05. The van der Waals surface area contributed by atoms with Gasteiger partial charge in [-0.15, -0.1) is 0 Å². The largest absolute Gasteiger partial charge is 0.318 e. The van der Waals surface area contributed by atoms with Crippen molar-refractivity contribution in [1.29, 1.82) is 0 Å². The second-order valence-corrected chi connectivity index (χ2v) is 11.5. The smallest absolute Gasteiger partial charge is 0.264 e. The highest BCUT2D eigenvalue weighted by Gasteiger charge is 2.28. The Labute approximate surface area is 236 Å². The van der Waals surface area contributed by atoms with Crippen molar-refractivity contribution >= 4 is 62.6 Å². The number of aromatic nitrogens is 1. The maximum Gasteiger partial charge on any atom is 0.264 e. The number of halogens is 3. The molecule has 7 nitrogen and oxygen atoms in total. The lowest BCUT2D eigenvalue weighted by molar-refractivity contribution is -0.119. The van der Waals surface area contributed by atoms with Crippen molar-refractivity contribution < 1.29 is 13.2 Å². The summed E-state index contributed by atoms with van der Waals surface area (Å²) in [4.78, 5) is 12.9. The van der Waals surface area contributed by atoms with E-state index >= 15 is 0 Å². The number of amides is 1. The molecule has 0 fully saturated rings. The summed E-state index contributed by atoms with van der Waals surface area (Å²) in [6.45, 7) is 3.29. The first-order valence-corrected chi connectivity index (χ1v) is 13.9. The van der Waals surface area contributed by atoms with Crippen LogP contribution in [0.2, 0.25) is 15.1 Å². The molecule has 11 heteroatoms. The Bertz CT molecular complexity index is 1600. The van der Waals surface area contributed by atoms with Crippen LogP contribution < -0.4 is 9.73 Å². The summed E-state index contributed by atoms with van der Waals surface area (Å²) in [7, 11) is -4.08. The van der Waals surface area contributed by atoms with Gasteiger partial charge in [0.25, 0.3) is 15.9 Å². The Hall–Kier alpha value is -3.30. The molecule has 1 heterocycles. The molecule has 38 heavy (non-hydrogen) atoms. The zero-order valence-electron chi connectivity index (χ0n) is 20.4. The minimum absolute atomic E-state index is 0.0322. The molecule has 0 radical (unpaired) electrons. The van der Waals surface area contributed by atoms with Crippen molar-refractivity contribution in [3.05, 3.63) is 111 Å². The van der Waals surface area contributed by atoms with E-state index in [9.17, 15) is 13.2 Å². The second-order valence-electron chi connectivity index (χ2n) is 8.36. The molecule has 3 aromatic carbocycles. The number of rotatable bonds is 8. The molecule has 0 saturated carbocycles. The molecule has 0 aliphatic heterocycles. The van der Waals surface area contributed by atoms with E-state index in [4.69, 9.17) is 34.8 Å². The van der Waals surface area contributed by atoms with Gasteiger partial charge in [0.15, 0.2) is 0 Å². The van der Waals surface area contributed by atoms with Crippen LogP contribution in [0.25, 0.3) is 5.69 Å². The summed E-state index contributed by atoms with van der Waals surface area (Å²) in [6, 6.07) is 21.4. The molecule has 0 saturated heterocycles. The molecule has 0 bridgehead atoms. The zero-order chi connectivity index (χ0) is 27.4. The van der Waals surface area contributed by atoms with Gasteiger partial charge in [-0.05, 0) is 62.4 Å². The molecular weight excluding hydrogens is 567 g/mol. The summed E-state index contributed by atoms with van der Waals surface area (Å²) < 4.78 is 29.7. The number of aryl methyl sites for hydroxylation is 1. The van der Waals surface area contributed by atoms with Gasteiger partial charge < -0.3 is 4.57 Å². The van der Waals surface area contributed by atoms with Crippen LogP contribution in [0.15, 0.2) is 88.9 Å². The van der Waals surface area contributed by atoms with Crippen LogP contribution in [0.3, 0.4) is 0 Å². The number of nitrogens with one attached hydrogen (secondary N) is 1. The van der Waals surface area contributed by atoms with Gasteiger partial charge >= 0.3 is 0 Å². The summed E-state index contributed by atoms with van der Waals surface area (Å²) in [6.07, 6.45) is 1.49. The molecular formula is C27H23Cl3N4O3S. The van der Waals surface area contributed by atoms with Crippen LogP contribution in [0.4, 0.5) is 5.69 Å². The van der Waals surface area contributed by atoms with Gasteiger partial charge in [-0.25, -0.2) is 13.8 Å². The summed E-state index contributed by atoms with van der Waals surface area (Å²) in [5, 5.41) is 5.28. The first kappa shape index (κ1) is 27.7. The maximum atomic E-state index is 13.4. The van der Waals surface area contributed by atoms with Gasteiger partial charge in [0.2, 0.25) is 0 Å².